The molecule has 1 aromatic carbocycles. The fraction of sp³-hybridized carbons (Fsp3) is 0.294. The molecule has 0 bridgehead atoms. The van der Waals surface area contributed by atoms with E-state index in [-0.39, 0.29) is 0 Å². The molecule has 0 fully saturated rings. The Morgan fingerprint density at radius 2 is 1.95 bits per heavy atom. The third-order valence-electron chi connectivity index (χ3n) is 3.82. The van der Waals surface area contributed by atoms with E-state index in [1.165, 1.54) is 11.1 Å². The minimum atomic E-state index is 0.741. The number of nitrogens with one attached hydrogen (secondary N) is 1. The zero-order valence-electron chi connectivity index (χ0n) is 12.5. The van der Waals surface area contributed by atoms with E-state index in [9.17, 15) is 0 Å². The molecule has 0 atom stereocenters. The maximum absolute atomic E-state index is 4.67. The van der Waals surface area contributed by atoms with Crippen molar-refractivity contribution in [1.82, 2.24) is 19.9 Å². The zero-order chi connectivity index (χ0) is 14.7. The largest absolute Gasteiger partial charge is 0.330 e. The fourth-order valence-corrected chi connectivity index (χ4v) is 2.60. The van der Waals surface area contributed by atoms with Crippen LogP contribution in [0.2, 0.25) is 0 Å². The maximum atomic E-state index is 4.67. The van der Waals surface area contributed by atoms with Gasteiger partial charge in [0.05, 0.1) is 23.3 Å². The number of aromatic nitrogens is 3. The molecule has 108 valence electrons. The van der Waals surface area contributed by atoms with Gasteiger partial charge in [-0.3, -0.25) is 4.98 Å². The van der Waals surface area contributed by atoms with Gasteiger partial charge in [0.2, 0.25) is 0 Å². The summed E-state index contributed by atoms with van der Waals surface area (Å²) in [5.41, 5.74) is 4.64. The number of nitrogens with zero attached hydrogens (tertiary/aromatic N) is 3. The van der Waals surface area contributed by atoms with Gasteiger partial charge in [0.25, 0.3) is 0 Å². The molecule has 0 saturated carbocycles. The topological polar surface area (TPSA) is 42.7 Å². The van der Waals surface area contributed by atoms with Crippen LogP contribution in [-0.4, -0.2) is 14.5 Å². The summed E-state index contributed by atoms with van der Waals surface area (Å²) in [4.78, 5) is 9.12. The highest BCUT2D eigenvalue weighted by molar-refractivity contribution is 5.75. The summed E-state index contributed by atoms with van der Waals surface area (Å²) in [6.07, 6.45) is 2.86. The van der Waals surface area contributed by atoms with Gasteiger partial charge in [0.15, 0.2) is 0 Å². The molecule has 4 heteroatoms. The molecule has 0 aliphatic heterocycles. The van der Waals surface area contributed by atoms with Gasteiger partial charge in [-0.05, 0) is 30.2 Å². The van der Waals surface area contributed by atoms with Crippen LogP contribution < -0.4 is 5.32 Å². The average molecular weight is 280 g/mol. The van der Waals surface area contributed by atoms with Gasteiger partial charge in [-0.15, -0.1) is 0 Å². The predicted octanol–water partition coefficient (Wildman–Crippen LogP) is 2.82. The van der Waals surface area contributed by atoms with Gasteiger partial charge >= 0.3 is 0 Å². The molecule has 21 heavy (non-hydrogen) atoms. The van der Waals surface area contributed by atoms with Crippen molar-refractivity contribution in [2.24, 2.45) is 7.05 Å². The number of aryl methyl sites for hydroxylation is 2. The van der Waals surface area contributed by atoms with Gasteiger partial charge in [-0.1, -0.05) is 25.1 Å². The summed E-state index contributed by atoms with van der Waals surface area (Å²) in [6.45, 7) is 3.67. The van der Waals surface area contributed by atoms with Gasteiger partial charge in [-0.2, -0.15) is 0 Å². The van der Waals surface area contributed by atoms with Gasteiger partial charge in [0.1, 0.15) is 5.82 Å². The first-order chi connectivity index (χ1) is 10.3. The van der Waals surface area contributed by atoms with E-state index in [0.29, 0.717) is 0 Å². The standard InChI is InChI=1S/C17H20N4/c1-3-13-7-6-10-19-15(13)11-18-12-17-20-14-8-4-5-9-16(14)21(17)2/h4-10,18H,3,11-12H2,1-2H3. The van der Waals surface area contributed by atoms with Crippen LogP contribution in [0.25, 0.3) is 11.0 Å². The Labute approximate surface area is 124 Å². The molecule has 3 aromatic rings. The predicted molar refractivity (Wildman–Crippen MR) is 84.9 cm³/mol. The quantitative estimate of drug-likeness (QED) is 0.781. The highest BCUT2D eigenvalue weighted by atomic mass is 15.1. The first-order valence-electron chi connectivity index (χ1n) is 7.33. The molecule has 1 N–H and O–H groups in total. The Balaban J connectivity index is 1.71. The van der Waals surface area contributed by atoms with E-state index >= 15 is 0 Å². The minimum absolute atomic E-state index is 0.741. The van der Waals surface area contributed by atoms with Crippen molar-refractivity contribution in [3.63, 3.8) is 0 Å². The zero-order valence-corrected chi connectivity index (χ0v) is 12.5. The van der Waals surface area contributed by atoms with Crippen LogP contribution >= 0.6 is 0 Å². The van der Waals surface area contributed by atoms with Crippen molar-refractivity contribution >= 4 is 11.0 Å². The van der Waals surface area contributed by atoms with Crippen molar-refractivity contribution in [2.75, 3.05) is 0 Å². The van der Waals surface area contributed by atoms with Crippen LogP contribution in [0.5, 0.6) is 0 Å². The summed E-state index contributed by atoms with van der Waals surface area (Å²) in [6, 6.07) is 12.3. The van der Waals surface area contributed by atoms with Gasteiger partial charge in [-0.25, -0.2) is 4.98 Å². The lowest BCUT2D eigenvalue weighted by Crippen LogP contribution is -2.17. The Bertz CT molecular complexity index is 745. The normalized spacial score (nSPS) is 11.1. The number of para-hydroxylation sites is 2. The first-order valence-corrected chi connectivity index (χ1v) is 7.33. The van der Waals surface area contributed by atoms with Crippen molar-refractivity contribution < 1.29 is 0 Å². The second-order valence-corrected chi connectivity index (χ2v) is 5.14. The summed E-state index contributed by atoms with van der Waals surface area (Å²) in [5, 5.41) is 3.45. The van der Waals surface area contributed by atoms with Gasteiger partial charge < -0.3 is 9.88 Å². The van der Waals surface area contributed by atoms with E-state index in [4.69, 9.17) is 0 Å². The molecule has 0 unspecified atom stereocenters. The summed E-state index contributed by atoms with van der Waals surface area (Å²) < 4.78 is 2.14. The molecule has 0 radical (unpaired) electrons. The highest BCUT2D eigenvalue weighted by Gasteiger charge is 2.07. The molecule has 0 spiro atoms. The summed E-state index contributed by atoms with van der Waals surface area (Å²) in [7, 11) is 2.06. The number of imidazole rings is 1. The van der Waals surface area contributed by atoms with E-state index in [1.807, 2.05) is 30.5 Å². The van der Waals surface area contributed by atoms with E-state index in [0.717, 1.165) is 36.5 Å². The molecule has 2 aromatic heterocycles. The Kier molecular flexibility index (Phi) is 3.97. The first kappa shape index (κ1) is 13.8. The number of rotatable bonds is 5. The number of hydrogen-bond acceptors (Lipinski definition) is 3. The van der Waals surface area contributed by atoms with Crippen LogP contribution in [-0.2, 0) is 26.6 Å². The van der Waals surface area contributed by atoms with Crippen LogP contribution in [0.4, 0.5) is 0 Å². The highest BCUT2D eigenvalue weighted by Crippen LogP contribution is 2.14. The molecular formula is C17H20N4. The fourth-order valence-electron chi connectivity index (χ4n) is 2.60. The van der Waals surface area contributed by atoms with E-state index < -0.39 is 0 Å². The Morgan fingerprint density at radius 1 is 1.10 bits per heavy atom. The van der Waals surface area contributed by atoms with Crippen molar-refractivity contribution in [2.45, 2.75) is 26.4 Å². The lowest BCUT2D eigenvalue weighted by Gasteiger charge is -2.08. The van der Waals surface area contributed by atoms with Crippen molar-refractivity contribution in [1.29, 1.82) is 0 Å². The summed E-state index contributed by atoms with van der Waals surface area (Å²) in [5.74, 6) is 1.05. The van der Waals surface area contributed by atoms with Crippen LogP contribution in [0.1, 0.15) is 24.0 Å². The lowest BCUT2D eigenvalue weighted by molar-refractivity contribution is 0.631. The molecule has 4 nitrogen and oxygen atoms in total. The molecule has 3 rings (SSSR count). The van der Waals surface area contributed by atoms with Crippen LogP contribution in [0.3, 0.4) is 0 Å². The smallest absolute Gasteiger partial charge is 0.123 e. The van der Waals surface area contributed by atoms with E-state index in [2.05, 4.69) is 46.0 Å². The second-order valence-electron chi connectivity index (χ2n) is 5.14. The lowest BCUT2D eigenvalue weighted by atomic mass is 10.1. The van der Waals surface area contributed by atoms with Gasteiger partial charge in [0, 0.05) is 19.8 Å². The number of hydrogen-bond donors (Lipinski definition) is 1. The minimum Gasteiger partial charge on any atom is -0.330 e. The number of benzene rings is 1. The van der Waals surface area contributed by atoms with Crippen molar-refractivity contribution in [3.8, 4) is 0 Å². The molecule has 0 amide bonds. The summed E-state index contributed by atoms with van der Waals surface area (Å²) >= 11 is 0. The molecular weight excluding hydrogens is 260 g/mol. The maximum Gasteiger partial charge on any atom is 0.123 e. The van der Waals surface area contributed by atoms with Crippen molar-refractivity contribution in [3.05, 3.63) is 59.7 Å². The molecule has 0 aliphatic rings. The SMILES string of the molecule is CCc1cccnc1CNCc1nc2ccccc2n1C. The molecule has 2 heterocycles. The average Bonchev–Trinajstić information content (AvgIpc) is 2.85. The number of fused-ring (bicyclic) bond motifs is 1. The monoisotopic (exact) mass is 280 g/mol. The molecule has 0 saturated heterocycles. The third-order valence-corrected chi connectivity index (χ3v) is 3.82. The van der Waals surface area contributed by atoms with Crippen LogP contribution in [0.15, 0.2) is 42.6 Å². The second kappa shape index (κ2) is 6.06. The Hall–Kier alpha value is -2.20. The number of pyridine rings is 1. The van der Waals surface area contributed by atoms with E-state index in [1.54, 1.807) is 0 Å². The Morgan fingerprint density at radius 3 is 2.76 bits per heavy atom. The third kappa shape index (κ3) is 2.81. The van der Waals surface area contributed by atoms with Crippen LogP contribution in [0, 0.1) is 0 Å². The molecule has 0 aliphatic carbocycles.